The van der Waals surface area contributed by atoms with Crippen LogP contribution in [0.4, 0.5) is 0 Å². The first-order chi connectivity index (χ1) is 10.2. The topological polar surface area (TPSA) is 70.9 Å². The Hall–Kier alpha value is -2.56. The van der Waals surface area contributed by atoms with Crippen molar-refractivity contribution in [1.82, 2.24) is 15.3 Å². The van der Waals surface area contributed by atoms with Gasteiger partial charge in [-0.15, -0.1) is 0 Å². The second-order valence-electron chi connectivity index (χ2n) is 5.00. The smallest absolute Gasteiger partial charge is 0.224 e. The van der Waals surface area contributed by atoms with Crippen molar-refractivity contribution < 1.29 is 9.21 Å². The van der Waals surface area contributed by atoms with Crippen LogP contribution >= 0.6 is 0 Å². The monoisotopic (exact) mass is 283 g/mol. The van der Waals surface area contributed by atoms with Crippen LogP contribution in [-0.2, 0) is 17.6 Å². The standard InChI is InChI=1S/C16H17N3O2/c1-11-9-19-16(21-11)6-7-17-15(20)8-12-10-18-14-5-3-2-4-13(12)14/h2-5,9-10,18H,6-8H2,1H3,(H,17,20). The molecule has 1 aromatic carbocycles. The summed E-state index contributed by atoms with van der Waals surface area (Å²) < 4.78 is 5.36. The summed E-state index contributed by atoms with van der Waals surface area (Å²) in [6.45, 7) is 2.38. The maximum Gasteiger partial charge on any atom is 0.224 e. The van der Waals surface area contributed by atoms with Gasteiger partial charge in [-0.25, -0.2) is 4.98 Å². The van der Waals surface area contributed by atoms with E-state index in [1.165, 1.54) is 0 Å². The molecular formula is C16H17N3O2. The summed E-state index contributed by atoms with van der Waals surface area (Å²) in [7, 11) is 0. The quantitative estimate of drug-likeness (QED) is 0.755. The van der Waals surface area contributed by atoms with Gasteiger partial charge in [0.2, 0.25) is 5.91 Å². The zero-order chi connectivity index (χ0) is 14.7. The second kappa shape index (κ2) is 5.83. The molecule has 0 saturated heterocycles. The Bertz CT molecular complexity index is 758. The number of H-pyrrole nitrogens is 1. The van der Waals surface area contributed by atoms with Crippen molar-refractivity contribution in [2.45, 2.75) is 19.8 Å². The Balaban J connectivity index is 1.54. The molecule has 0 saturated carbocycles. The van der Waals surface area contributed by atoms with Gasteiger partial charge in [-0.2, -0.15) is 0 Å². The molecule has 2 aromatic heterocycles. The maximum absolute atomic E-state index is 12.0. The minimum atomic E-state index is 0.00281. The summed E-state index contributed by atoms with van der Waals surface area (Å²) >= 11 is 0. The number of hydrogen-bond acceptors (Lipinski definition) is 3. The number of carbonyl (C=O) groups excluding carboxylic acids is 1. The Morgan fingerprint density at radius 3 is 3.05 bits per heavy atom. The zero-order valence-corrected chi connectivity index (χ0v) is 11.8. The minimum absolute atomic E-state index is 0.00281. The number of nitrogens with zero attached hydrogens (tertiary/aromatic N) is 1. The molecule has 21 heavy (non-hydrogen) atoms. The molecule has 0 aliphatic heterocycles. The Morgan fingerprint density at radius 1 is 1.38 bits per heavy atom. The number of para-hydroxylation sites is 1. The van der Waals surface area contributed by atoms with E-state index in [1.807, 2.05) is 37.4 Å². The zero-order valence-electron chi connectivity index (χ0n) is 11.8. The summed E-state index contributed by atoms with van der Waals surface area (Å²) in [6.07, 6.45) is 4.55. The molecule has 0 unspecified atom stereocenters. The number of hydrogen-bond donors (Lipinski definition) is 2. The number of amides is 1. The van der Waals surface area contributed by atoms with Crippen LogP contribution < -0.4 is 5.32 Å². The van der Waals surface area contributed by atoms with Crippen LogP contribution in [0.2, 0.25) is 0 Å². The summed E-state index contributed by atoms with van der Waals surface area (Å²) in [4.78, 5) is 19.3. The lowest BCUT2D eigenvalue weighted by Crippen LogP contribution is -2.27. The molecule has 0 bridgehead atoms. The summed E-state index contributed by atoms with van der Waals surface area (Å²) in [5.74, 6) is 1.44. The SMILES string of the molecule is Cc1cnc(CCNC(=O)Cc2c[nH]c3ccccc23)o1. The summed E-state index contributed by atoms with van der Waals surface area (Å²) in [6, 6.07) is 7.97. The predicted octanol–water partition coefficient (Wildman–Crippen LogP) is 2.37. The highest BCUT2D eigenvalue weighted by Gasteiger charge is 2.08. The number of fused-ring (bicyclic) bond motifs is 1. The molecule has 2 heterocycles. The summed E-state index contributed by atoms with van der Waals surface area (Å²) in [5, 5.41) is 3.98. The van der Waals surface area contributed by atoms with E-state index in [1.54, 1.807) is 6.20 Å². The van der Waals surface area contributed by atoms with Gasteiger partial charge in [-0.05, 0) is 18.6 Å². The Morgan fingerprint density at radius 2 is 2.24 bits per heavy atom. The third-order valence-corrected chi connectivity index (χ3v) is 3.36. The van der Waals surface area contributed by atoms with Crippen LogP contribution in [-0.4, -0.2) is 22.4 Å². The fraction of sp³-hybridized carbons (Fsp3) is 0.250. The highest BCUT2D eigenvalue weighted by atomic mass is 16.4. The lowest BCUT2D eigenvalue weighted by atomic mass is 10.1. The first-order valence-electron chi connectivity index (χ1n) is 6.95. The van der Waals surface area contributed by atoms with Gasteiger partial charge < -0.3 is 14.7 Å². The van der Waals surface area contributed by atoms with Gasteiger partial charge in [0.1, 0.15) is 5.76 Å². The molecule has 5 nitrogen and oxygen atoms in total. The molecule has 0 radical (unpaired) electrons. The molecule has 0 atom stereocenters. The van der Waals surface area contributed by atoms with E-state index in [-0.39, 0.29) is 5.91 Å². The number of benzene rings is 1. The van der Waals surface area contributed by atoms with Crippen LogP contribution in [0.3, 0.4) is 0 Å². The van der Waals surface area contributed by atoms with E-state index >= 15 is 0 Å². The second-order valence-corrected chi connectivity index (χ2v) is 5.00. The van der Waals surface area contributed by atoms with Gasteiger partial charge in [-0.1, -0.05) is 18.2 Å². The first kappa shape index (κ1) is 13.4. The third-order valence-electron chi connectivity index (χ3n) is 3.36. The molecule has 0 spiro atoms. The number of aromatic nitrogens is 2. The molecule has 3 rings (SSSR count). The van der Waals surface area contributed by atoms with Crippen molar-refractivity contribution in [3.63, 3.8) is 0 Å². The largest absolute Gasteiger partial charge is 0.446 e. The minimum Gasteiger partial charge on any atom is -0.446 e. The van der Waals surface area contributed by atoms with Gasteiger partial charge in [0.25, 0.3) is 0 Å². The fourth-order valence-electron chi connectivity index (χ4n) is 2.34. The maximum atomic E-state index is 12.0. The highest BCUT2D eigenvalue weighted by Crippen LogP contribution is 2.17. The average molecular weight is 283 g/mol. The molecule has 0 aliphatic carbocycles. The van der Waals surface area contributed by atoms with E-state index in [0.29, 0.717) is 25.3 Å². The van der Waals surface area contributed by atoms with Gasteiger partial charge in [0.05, 0.1) is 12.6 Å². The van der Waals surface area contributed by atoms with E-state index in [2.05, 4.69) is 15.3 Å². The normalized spacial score (nSPS) is 10.9. The first-order valence-corrected chi connectivity index (χ1v) is 6.95. The van der Waals surface area contributed by atoms with E-state index in [0.717, 1.165) is 22.2 Å². The van der Waals surface area contributed by atoms with E-state index in [9.17, 15) is 4.79 Å². The summed E-state index contributed by atoms with van der Waals surface area (Å²) in [5.41, 5.74) is 2.06. The van der Waals surface area contributed by atoms with Crippen molar-refractivity contribution in [2.75, 3.05) is 6.54 Å². The van der Waals surface area contributed by atoms with E-state index in [4.69, 9.17) is 4.42 Å². The van der Waals surface area contributed by atoms with Crippen molar-refractivity contribution >= 4 is 16.8 Å². The third kappa shape index (κ3) is 3.13. The van der Waals surface area contributed by atoms with Crippen molar-refractivity contribution in [2.24, 2.45) is 0 Å². The number of carbonyl (C=O) groups is 1. The molecule has 1 amide bonds. The number of rotatable bonds is 5. The molecule has 0 fully saturated rings. The molecular weight excluding hydrogens is 266 g/mol. The number of oxazole rings is 1. The highest BCUT2D eigenvalue weighted by molar-refractivity contribution is 5.88. The Labute approximate surface area is 122 Å². The average Bonchev–Trinajstić information content (AvgIpc) is 3.06. The molecule has 5 heteroatoms. The Kier molecular flexibility index (Phi) is 3.73. The van der Waals surface area contributed by atoms with Gasteiger partial charge in [-0.3, -0.25) is 4.79 Å². The van der Waals surface area contributed by atoms with Crippen LogP contribution in [0.1, 0.15) is 17.2 Å². The van der Waals surface area contributed by atoms with Crippen LogP contribution in [0, 0.1) is 6.92 Å². The van der Waals surface area contributed by atoms with Crippen molar-refractivity contribution in [1.29, 1.82) is 0 Å². The van der Waals surface area contributed by atoms with Crippen molar-refractivity contribution in [3.05, 3.63) is 53.9 Å². The van der Waals surface area contributed by atoms with Crippen LogP contribution in [0.15, 0.2) is 41.1 Å². The van der Waals surface area contributed by atoms with Gasteiger partial charge in [0, 0.05) is 30.1 Å². The fourth-order valence-corrected chi connectivity index (χ4v) is 2.34. The molecule has 2 N–H and O–H groups in total. The van der Waals surface area contributed by atoms with Gasteiger partial charge in [0.15, 0.2) is 5.89 Å². The molecule has 3 aromatic rings. The molecule has 108 valence electrons. The van der Waals surface area contributed by atoms with Crippen LogP contribution in [0.5, 0.6) is 0 Å². The molecule has 0 aliphatic rings. The van der Waals surface area contributed by atoms with E-state index < -0.39 is 0 Å². The number of nitrogens with one attached hydrogen (secondary N) is 2. The van der Waals surface area contributed by atoms with Gasteiger partial charge >= 0.3 is 0 Å². The van der Waals surface area contributed by atoms with Crippen LogP contribution in [0.25, 0.3) is 10.9 Å². The predicted molar refractivity (Wildman–Crippen MR) is 80.0 cm³/mol. The lowest BCUT2D eigenvalue weighted by molar-refractivity contribution is -0.120. The number of aryl methyl sites for hydroxylation is 1. The lowest BCUT2D eigenvalue weighted by Gasteiger charge is -2.03. The van der Waals surface area contributed by atoms with Crippen molar-refractivity contribution in [3.8, 4) is 0 Å². The number of aromatic amines is 1.